The predicted octanol–water partition coefficient (Wildman–Crippen LogP) is 0.180. The van der Waals surface area contributed by atoms with Crippen molar-refractivity contribution in [2.75, 3.05) is 0 Å². The molecule has 4 aromatic carbocycles. The topological polar surface area (TPSA) is 0 Å². The molecule has 246 valence electrons. The predicted molar refractivity (Wildman–Crippen MR) is 190 cm³/mol. The third-order valence-corrected chi connectivity index (χ3v) is 17.4. The van der Waals surface area contributed by atoms with Crippen molar-refractivity contribution in [2.24, 2.45) is 0 Å². The SMILES string of the molecule is CCCCc1ccc([Si](c2ccc(CCCC)cc2)(c2ccc(CCCC)cc2)[C]2([Ti+3])C=CC=C2Cc2ccccc2)cc1.[Cl-].[Cl-].[Cl-]. The standard InChI is InChI=1S/C42H49Si.3ClH.Ti/c1-4-7-14-34-21-27-39(28-22-34)43(40-29-23-35(24-30-40)15-8-5-2,41-31-25-36(26-32-41)16-9-6-3)42-20-13-19-38(42)33-37-17-11-10-12-18-37;;;;/h10-13,17-32H,4-9,14-16,33H2,1-3H3;3*1H;/q;;;;+3/p-3. The van der Waals surface area contributed by atoms with Crippen LogP contribution in [0.5, 0.6) is 0 Å². The average Bonchev–Trinajstić information content (AvgIpc) is 3.44. The van der Waals surface area contributed by atoms with Crippen molar-refractivity contribution in [3.8, 4) is 0 Å². The van der Waals surface area contributed by atoms with Gasteiger partial charge in [-0.1, -0.05) is 0 Å². The molecule has 0 radical (unpaired) electrons. The fourth-order valence-corrected chi connectivity index (χ4v) is 14.8. The number of halogens is 3. The maximum Gasteiger partial charge on any atom is -1.00 e. The maximum atomic E-state index is 2.55. The fraction of sp³-hybridized carbons (Fsp3) is 0.333. The van der Waals surface area contributed by atoms with E-state index >= 15 is 0 Å². The van der Waals surface area contributed by atoms with Gasteiger partial charge in [0.2, 0.25) is 0 Å². The van der Waals surface area contributed by atoms with Crippen molar-refractivity contribution in [2.45, 2.75) is 88.3 Å². The van der Waals surface area contributed by atoms with Crippen molar-refractivity contribution in [1.82, 2.24) is 0 Å². The van der Waals surface area contributed by atoms with Crippen LogP contribution < -0.4 is 52.8 Å². The van der Waals surface area contributed by atoms with Gasteiger partial charge in [-0.2, -0.15) is 0 Å². The molecule has 0 N–H and O–H groups in total. The average molecular weight is 736 g/mol. The van der Waals surface area contributed by atoms with E-state index in [0.717, 1.165) is 25.7 Å². The van der Waals surface area contributed by atoms with E-state index in [1.54, 1.807) is 0 Å². The van der Waals surface area contributed by atoms with Crippen molar-refractivity contribution in [1.29, 1.82) is 0 Å². The van der Waals surface area contributed by atoms with Crippen LogP contribution in [-0.2, 0) is 46.1 Å². The number of hydrogen-bond acceptors (Lipinski definition) is 0. The van der Waals surface area contributed by atoms with Gasteiger partial charge < -0.3 is 37.2 Å². The molecular formula is C42H49Cl3SiTi. The first kappa shape index (κ1) is 41.3. The third-order valence-electron chi connectivity index (χ3n) is 9.60. The zero-order valence-electron chi connectivity index (χ0n) is 28.3. The minimum Gasteiger partial charge on any atom is -1.00 e. The third kappa shape index (κ3) is 9.24. The molecule has 0 fully saturated rings. The first-order chi connectivity index (χ1) is 21.5. The summed E-state index contributed by atoms with van der Waals surface area (Å²) in [6.45, 7) is 6.86. The number of allylic oxidation sites excluding steroid dienone is 4. The molecule has 0 spiro atoms. The van der Waals surface area contributed by atoms with E-state index in [4.69, 9.17) is 0 Å². The van der Waals surface area contributed by atoms with Gasteiger partial charge in [-0.3, -0.25) is 0 Å². The van der Waals surface area contributed by atoms with E-state index in [9.17, 15) is 0 Å². The van der Waals surface area contributed by atoms with Crippen LogP contribution in [0.1, 0.15) is 81.5 Å². The molecule has 1 atom stereocenters. The van der Waals surface area contributed by atoms with Gasteiger partial charge >= 0.3 is 282 Å². The summed E-state index contributed by atoms with van der Waals surface area (Å²) in [6, 6.07) is 40.7. The first-order valence-electron chi connectivity index (χ1n) is 17.0. The molecule has 1 aliphatic carbocycles. The van der Waals surface area contributed by atoms with Crippen LogP contribution in [0, 0.1) is 0 Å². The summed E-state index contributed by atoms with van der Waals surface area (Å²) in [4.78, 5) is 0. The van der Waals surface area contributed by atoms with Gasteiger partial charge in [-0.15, -0.1) is 0 Å². The molecule has 0 aromatic heterocycles. The number of benzene rings is 4. The Balaban J connectivity index is 0.00000256. The Kier molecular flexibility index (Phi) is 17.6. The summed E-state index contributed by atoms with van der Waals surface area (Å²) in [5.74, 6) is 0. The minimum atomic E-state index is -2.65. The molecule has 0 heterocycles. The Labute approximate surface area is 316 Å². The van der Waals surface area contributed by atoms with Crippen molar-refractivity contribution in [3.05, 3.63) is 149 Å². The maximum absolute atomic E-state index is 2.65. The van der Waals surface area contributed by atoms with Crippen molar-refractivity contribution < 1.29 is 57.7 Å². The fourth-order valence-electron chi connectivity index (χ4n) is 7.02. The van der Waals surface area contributed by atoms with Crippen LogP contribution in [0.25, 0.3) is 0 Å². The number of aryl methyl sites for hydroxylation is 3. The van der Waals surface area contributed by atoms with Gasteiger partial charge in [0.15, 0.2) is 0 Å². The second-order valence-electron chi connectivity index (χ2n) is 12.7. The molecule has 0 saturated heterocycles. The van der Waals surface area contributed by atoms with Crippen LogP contribution in [-0.4, -0.2) is 8.07 Å². The Bertz CT molecular complexity index is 1400. The summed E-state index contributed by atoms with van der Waals surface area (Å²) < 4.78 is -0.121. The first-order valence-corrected chi connectivity index (χ1v) is 19.8. The van der Waals surface area contributed by atoms with Crippen molar-refractivity contribution in [3.63, 3.8) is 0 Å². The number of rotatable bonds is 15. The summed E-state index contributed by atoms with van der Waals surface area (Å²) in [5, 5.41) is 4.52. The van der Waals surface area contributed by atoms with Crippen LogP contribution in [0.15, 0.2) is 127 Å². The Hall–Kier alpha value is -1.84. The van der Waals surface area contributed by atoms with Crippen LogP contribution >= 0.6 is 0 Å². The quantitative estimate of drug-likeness (QED) is 0.121. The normalized spacial score (nSPS) is 15.3. The van der Waals surface area contributed by atoms with E-state index in [1.807, 2.05) is 0 Å². The summed E-state index contributed by atoms with van der Waals surface area (Å²) in [5.41, 5.74) is 7.27. The minimum absolute atomic E-state index is 0. The molecule has 0 nitrogen and oxygen atoms in total. The molecule has 0 aliphatic heterocycles. The molecule has 0 saturated carbocycles. The van der Waals surface area contributed by atoms with Gasteiger partial charge in [0, 0.05) is 0 Å². The van der Waals surface area contributed by atoms with E-state index < -0.39 is 8.07 Å². The second-order valence-corrected chi connectivity index (χ2v) is 18.7. The largest absolute Gasteiger partial charge is 1.00 e. The zero-order chi connectivity index (χ0) is 30.8. The van der Waals surface area contributed by atoms with Gasteiger partial charge in [0.1, 0.15) is 0 Å². The Morgan fingerprint density at radius 3 is 1.26 bits per heavy atom. The Morgan fingerprint density at radius 1 is 0.511 bits per heavy atom. The van der Waals surface area contributed by atoms with E-state index in [0.29, 0.717) is 0 Å². The molecule has 1 unspecified atom stereocenters. The molecular weight excluding hydrogens is 687 g/mol. The molecule has 4 aromatic rings. The second kappa shape index (κ2) is 20.0. The van der Waals surface area contributed by atoms with E-state index in [-0.39, 0.29) is 40.6 Å². The van der Waals surface area contributed by atoms with E-state index in [1.165, 1.54) is 81.9 Å². The van der Waals surface area contributed by atoms with Gasteiger partial charge in [-0.05, 0) is 0 Å². The molecule has 0 bridgehead atoms. The molecule has 5 rings (SSSR count). The summed E-state index contributed by atoms with van der Waals surface area (Å²) in [7, 11) is -2.65. The summed E-state index contributed by atoms with van der Waals surface area (Å²) >= 11 is 2.55. The zero-order valence-corrected chi connectivity index (χ0v) is 33.1. The summed E-state index contributed by atoms with van der Waals surface area (Å²) in [6.07, 6.45) is 19.2. The molecule has 5 heteroatoms. The molecule has 1 aliphatic rings. The van der Waals surface area contributed by atoms with E-state index in [2.05, 4.69) is 163 Å². The van der Waals surface area contributed by atoms with Crippen LogP contribution in [0.2, 0.25) is 3.34 Å². The number of hydrogen-bond donors (Lipinski definition) is 0. The Morgan fingerprint density at radius 2 is 0.894 bits per heavy atom. The van der Waals surface area contributed by atoms with Gasteiger partial charge in [-0.25, -0.2) is 0 Å². The van der Waals surface area contributed by atoms with Crippen LogP contribution in [0.4, 0.5) is 0 Å². The molecule has 47 heavy (non-hydrogen) atoms. The molecule has 0 amide bonds. The van der Waals surface area contributed by atoms with Gasteiger partial charge in [0.25, 0.3) is 0 Å². The smallest absolute Gasteiger partial charge is 1.00 e. The monoisotopic (exact) mass is 734 g/mol. The van der Waals surface area contributed by atoms with Gasteiger partial charge in [0.05, 0.1) is 0 Å². The number of unbranched alkanes of at least 4 members (excludes halogenated alkanes) is 3. The van der Waals surface area contributed by atoms with Crippen LogP contribution in [0.3, 0.4) is 0 Å². The van der Waals surface area contributed by atoms with Crippen molar-refractivity contribution >= 4 is 23.6 Å².